The number of ether oxygens (including phenoxy) is 7. The van der Waals surface area contributed by atoms with Crippen LogP contribution in [0.25, 0.3) is 0 Å². The van der Waals surface area contributed by atoms with Crippen LogP contribution in [0.5, 0.6) is 11.8 Å². The fraction of sp³-hybridized carbons (Fsp3) is 0.680. The SMILES string of the molecule is CC(C)(O)CCCN.CC(C)(O)CCN(NC(=O)OC(C)(C)C)C(=O)OC(C)(C)C.CC(C)(O)CCO.CN(CC1=NN(CCC(C)(C)O)C(=O)C1)C(=O)OC(C)(C)C.CN(Cc1cc(OCc2ccc(F)cc2)n(CCC(C)(C)F)n1)C(=O)OC(C)(C)C.CN(Cc1cc(OCc2ccc(F)cc2)n(CCC(C)(C)O)n1)C(=O)OC(C)(C)C.Cc1ccc(S(=O)(=O)OCCC(C)(C)O)cc1. The van der Waals surface area contributed by atoms with E-state index < -0.39 is 108 Å². The van der Waals surface area contributed by atoms with Crippen molar-refractivity contribution in [2.45, 2.75) is 377 Å². The van der Waals surface area contributed by atoms with E-state index in [1.807, 2.05) is 27.7 Å². The molecule has 2 aromatic heterocycles. The van der Waals surface area contributed by atoms with Gasteiger partial charge in [0.25, 0.3) is 10.1 Å². The van der Waals surface area contributed by atoms with Crippen molar-refractivity contribution in [2.24, 2.45) is 10.8 Å². The summed E-state index contributed by atoms with van der Waals surface area (Å²) in [5.41, 5.74) is 2.73. The van der Waals surface area contributed by atoms with Crippen molar-refractivity contribution in [3.05, 3.63) is 125 Å². The van der Waals surface area contributed by atoms with Crippen molar-refractivity contribution < 1.29 is 123 Å². The summed E-state index contributed by atoms with van der Waals surface area (Å²) in [6, 6.07) is 22.0. The molecule has 6 amide bonds. The number of hydrogen-bond acceptors (Lipinski definition) is 27. The summed E-state index contributed by atoms with van der Waals surface area (Å²) in [5, 5.41) is 80.8. The molecule has 0 radical (unpaired) electrons. The Kier molecular flexibility index (Phi) is 51.5. The van der Waals surface area contributed by atoms with Crippen LogP contribution in [0.4, 0.5) is 37.1 Å². The Morgan fingerprint density at radius 2 is 0.824 bits per heavy atom. The van der Waals surface area contributed by atoms with Crippen molar-refractivity contribution in [2.75, 3.05) is 60.5 Å². The van der Waals surface area contributed by atoms with E-state index in [1.165, 1.54) is 70.0 Å². The molecule has 6 rings (SSSR count). The third-order valence-corrected chi connectivity index (χ3v) is 18.7. The van der Waals surface area contributed by atoms with E-state index in [1.54, 1.807) is 245 Å². The number of carbonyl (C=O) groups is 6. The van der Waals surface area contributed by atoms with E-state index >= 15 is 0 Å². The van der Waals surface area contributed by atoms with Crippen molar-refractivity contribution in [3.63, 3.8) is 0 Å². The summed E-state index contributed by atoms with van der Waals surface area (Å²) in [5.74, 6) is 0.229. The highest BCUT2D eigenvalue weighted by molar-refractivity contribution is 7.86. The highest BCUT2D eigenvalue weighted by Crippen LogP contribution is 2.27. The molecule has 0 bridgehead atoms. The zero-order valence-electron chi connectivity index (χ0n) is 87.2. The monoisotopic (exact) mass is 1960 g/mol. The molecule has 0 unspecified atom stereocenters. The molecule has 3 aromatic carbocycles. The van der Waals surface area contributed by atoms with Gasteiger partial charge in [0.15, 0.2) is 0 Å². The van der Waals surface area contributed by atoms with Crippen LogP contribution in [-0.4, -0.2) is 258 Å². The molecule has 136 heavy (non-hydrogen) atoms. The molecular weight excluding hydrogens is 1790 g/mol. The Bertz CT molecular complexity index is 4390. The van der Waals surface area contributed by atoms with Gasteiger partial charge in [0.2, 0.25) is 17.7 Å². The van der Waals surface area contributed by atoms with Gasteiger partial charge in [-0.05, 0) is 300 Å². The summed E-state index contributed by atoms with van der Waals surface area (Å²) < 4.78 is 110. The number of hydrazine groups is 1. The van der Waals surface area contributed by atoms with Crippen LogP contribution >= 0.6 is 0 Å². The number of hydrogen-bond donors (Lipinski definition) is 9. The van der Waals surface area contributed by atoms with Crippen LogP contribution in [0.2, 0.25) is 0 Å². The number of benzene rings is 3. The molecule has 0 atom stereocenters. The molecule has 0 fully saturated rings. The topological polar surface area (TPSA) is 454 Å². The summed E-state index contributed by atoms with van der Waals surface area (Å²) in [6.07, 6.45) is 1.23. The summed E-state index contributed by atoms with van der Waals surface area (Å²) in [6.45, 7) is 54.8. The molecule has 0 aliphatic carbocycles. The number of aliphatic hydroxyl groups excluding tert-OH is 1. The van der Waals surface area contributed by atoms with Crippen molar-refractivity contribution >= 4 is 52.2 Å². The number of hydrazone groups is 1. The molecule has 35 nitrogen and oxygen atoms in total. The van der Waals surface area contributed by atoms with Gasteiger partial charge in [-0.15, -0.1) is 0 Å². The van der Waals surface area contributed by atoms with E-state index in [4.69, 9.17) is 58.4 Å². The van der Waals surface area contributed by atoms with E-state index in [0.29, 0.717) is 74.3 Å². The van der Waals surface area contributed by atoms with Gasteiger partial charge in [-0.1, -0.05) is 42.0 Å². The normalized spacial score (nSPS) is 12.8. The number of carbonyl (C=O) groups excluding carboxylic acids is 6. The number of nitrogens with one attached hydrogen (secondary N) is 1. The number of rotatable bonds is 34. The summed E-state index contributed by atoms with van der Waals surface area (Å²) in [4.78, 5) is 76.5. The second-order valence-electron chi connectivity index (χ2n) is 42.6. The van der Waals surface area contributed by atoms with Gasteiger partial charge in [0, 0.05) is 78.9 Å². The Hall–Kier alpha value is -9.45. The number of aliphatic hydroxyl groups is 7. The molecule has 39 heteroatoms. The van der Waals surface area contributed by atoms with Gasteiger partial charge in [-0.25, -0.2) is 62.0 Å². The van der Waals surface area contributed by atoms with Gasteiger partial charge in [-0.2, -0.15) is 23.7 Å². The average molecular weight is 1960 g/mol. The molecule has 0 saturated carbocycles. The number of nitrogens with zero attached hydrogens (tertiary/aromatic N) is 10. The van der Waals surface area contributed by atoms with Crippen molar-refractivity contribution in [3.8, 4) is 11.8 Å². The van der Waals surface area contributed by atoms with Gasteiger partial charge in [0.1, 0.15) is 58.5 Å². The van der Waals surface area contributed by atoms with Gasteiger partial charge in [0.05, 0.1) is 88.3 Å². The minimum absolute atomic E-state index is 0.0281. The number of alkyl halides is 1. The Labute approximate surface area is 806 Å². The third kappa shape index (κ3) is 65.4. The van der Waals surface area contributed by atoms with Crippen LogP contribution in [0, 0.1) is 18.6 Å². The Balaban J connectivity index is 0.00000163. The van der Waals surface area contributed by atoms with Crippen LogP contribution in [0.3, 0.4) is 0 Å². The second kappa shape index (κ2) is 55.4. The zero-order valence-corrected chi connectivity index (χ0v) is 88.0. The van der Waals surface area contributed by atoms with Crippen LogP contribution in [0.1, 0.15) is 287 Å². The third-order valence-electron chi connectivity index (χ3n) is 17.4. The maximum atomic E-state index is 14.0. The summed E-state index contributed by atoms with van der Waals surface area (Å²) in [7, 11) is 1.16. The summed E-state index contributed by atoms with van der Waals surface area (Å²) >= 11 is 0. The predicted octanol–water partition coefficient (Wildman–Crippen LogP) is 16.2. The van der Waals surface area contributed by atoms with Crippen LogP contribution < -0.4 is 20.6 Å². The number of nitrogens with two attached hydrogens (primary N) is 1. The lowest BCUT2D eigenvalue weighted by atomic mass is 10.0. The maximum absolute atomic E-state index is 14.0. The largest absolute Gasteiger partial charge is 0.473 e. The standard InChI is InChI=1S/C22H31F2N3O3.C22H32FN3O4.C15H27N3O4.C15H30N2O5.C12H18O4S.C6H15NO.C5H12O2/c1-21(2,3)30-20(28)26(6)14-18-13-19(27(25-18)12-11-22(4,5)24)29-15-16-7-9-17(23)10-8-16;1-21(2,3)30-20(27)25(6)14-18-13-19(26(24-18)12-11-22(4,5)28)29-15-16-7-9-17(23)10-8-16;1-14(2,3)22-13(20)17(6)10-11-9-12(19)18(16-11)8-7-15(4,5)21;1-13(2,3)21-11(18)16-17(10-9-15(7,8)20)12(19)22-14(4,5)6;1-10-4-6-11(7-5-10)17(14,15)16-9-8-12(2,3)13;1-6(2,8)4-3-5-7;1-5(2,7)3-4-6/h7-10,13H,11-12,14-15H2,1-6H3;7-10,13,28H,11-12,14-15H2,1-6H3;21H,7-10H2,1-6H3;20H,9-10H2,1-8H3,(H,16,18);4-7,13H,8-9H2,1-3H3;8H,3-5,7H2,1-2H3;6-7H,3-4H2,1-2H3. The minimum Gasteiger partial charge on any atom is -0.473 e. The van der Waals surface area contributed by atoms with Crippen LogP contribution in [-0.2, 0) is 82.2 Å². The lowest BCUT2D eigenvalue weighted by Crippen LogP contribution is -2.51. The molecule has 0 spiro atoms. The number of aryl methyl sites for hydroxylation is 3. The van der Waals surface area contributed by atoms with E-state index in [-0.39, 0.29) is 101 Å². The first-order valence-electron chi connectivity index (χ1n) is 45.3. The fourth-order valence-corrected chi connectivity index (χ4v) is 11.2. The van der Waals surface area contributed by atoms with Crippen molar-refractivity contribution in [1.82, 2.24) is 49.7 Å². The molecule has 0 saturated heterocycles. The Morgan fingerprint density at radius 3 is 1.15 bits per heavy atom. The smallest absolute Gasteiger partial charge is 0.429 e. The first kappa shape index (κ1) is 127. The lowest BCUT2D eigenvalue weighted by Gasteiger charge is -2.30. The zero-order chi connectivity index (χ0) is 106. The van der Waals surface area contributed by atoms with Crippen molar-refractivity contribution in [1.29, 1.82) is 0 Å². The van der Waals surface area contributed by atoms with E-state index in [0.717, 1.165) is 34.5 Å². The molecule has 1 aliphatic rings. The molecule has 3 heterocycles. The number of halogens is 3. The van der Waals surface area contributed by atoms with E-state index in [9.17, 15) is 70.8 Å². The highest BCUT2D eigenvalue weighted by atomic mass is 32.2. The lowest BCUT2D eigenvalue weighted by molar-refractivity contribution is -0.129. The minimum atomic E-state index is -3.71. The number of amides is 6. The molecule has 1 aliphatic heterocycles. The number of aromatic nitrogens is 4. The Morgan fingerprint density at radius 1 is 0.471 bits per heavy atom. The van der Waals surface area contributed by atoms with Gasteiger partial charge in [-0.3, -0.25) is 8.98 Å². The van der Waals surface area contributed by atoms with Gasteiger partial charge < -0.3 is 89.3 Å². The predicted molar refractivity (Wildman–Crippen MR) is 517 cm³/mol. The molecule has 10 N–H and O–H groups in total. The quantitative estimate of drug-likeness (QED) is 0.0105. The first-order chi connectivity index (χ1) is 61.4. The highest BCUT2D eigenvalue weighted by Gasteiger charge is 2.33. The first-order valence-corrected chi connectivity index (χ1v) is 46.7. The molecule has 778 valence electrons. The fourth-order valence-electron chi connectivity index (χ4n) is 10.3. The maximum Gasteiger partial charge on any atom is 0.429 e. The average Bonchev–Trinajstić information content (AvgIpc) is 1.79. The van der Waals surface area contributed by atoms with Crippen LogP contribution in [0.15, 0.2) is 94.9 Å². The van der Waals surface area contributed by atoms with Gasteiger partial charge >= 0.3 is 30.5 Å². The van der Waals surface area contributed by atoms with E-state index in [2.05, 4.69) is 20.7 Å². The second-order valence-corrected chi connectivity index (χ2v) is 44.3. The molecular formula is C97H165F3N12O23S. The molecule has 5 aromatic rings.